The van der Waals surface area contributed by atoms with Crippen molar-refractivity contribution in [3.05, 3.63) is 82.5 Å². The second-order valence-corrected chi connectivity index (χ2v) is 8.22. The number of carbonyl (C=O) groups is 1. The molecule has 0 fully saturated rings. The molecule has 0 radical (unpaired) electrons. The third kappa shape index (κ3) is 5.79. The first-order valence-corrected chi connectivity index (χ1v) is 9.45. The predicted molar refractivity (Wildman–Crippen MR) is 112 cm³/mol. The highest BCUT2D eigenvalue weighted by molar-refractivity contribution is 8.03. The molecule has 0 aromatic heterocycles. The van der Waals surface area contributed by atoms with Crippen LogP contribution < -0.4 is 5.73 Å². The standard InChI is InChI=1S/C22H29NOS/c1-7-9-17(14-15-23)20(16(3)25-8-2)21(24)18-10-12-19(13-11-18)22(4,5)6/h7,9-15H,1,8,23H2,2-6H3/b15-14-,17-9+,20-16-. The Hall–Kier alpha value is -2.00. The highest BCUT2D eigenvalue weighted by Crippen LogP contribution is 2.29. The van der Waals surface area contributed by atoms with Crippen molar-refractivity contribution < 1.29 is 4.79 Å². The molecule has 0 amide bonds. The molecular formula is C22H29NOS. The first kappa shape index (κ1) is 21.0. The van der Waals surface area contributed by atoms with Crippen molar-refractivity contribution in [2.24, 2.45) is 5.73 Å². The highest BCUT2D eigenvalue weighted by Gasteiger charge is 2.19. The molecule has 0 saturated carbocycles. The summed E-state index contributed by atoms with van der Waals surface area (Å²) in [6, 6.07) is 7.88. The van der Waals surface area contributed by atoms with Gasteiger partial charge in [-0.2, -0.15) is 0 Å². The van der Waals surface area contributed by atoms with E-state index >= 15 is 0 Å². The molecule has 0 aliphatic rings. The Kier molecular flexibility index (Phi) is 7.98. The molecule has 0 atom stereocenters. The van der Waals surface area contributed by atoms with Gasteiger partial charge in [0, 0.05) is 11.1 Å². The summed E-state index contributed by atoms with van der Waals surface area (Å²) in [5, 5.41) is 0. The van der Waals surface area contributed by atoms with Gasteiger partial charge in [0.25, 0.3) is 0 Å². The van der Waals surface area contributed by atoms with E-state index in [1.54, 1.807) is 23.9 Å². The minimum Gasteiger partial charge on any atom is -0.405 e. The van der Waals surface area contributed by atoms with Gasteiger partial charge >= 0.3 is 0 Å². The Morgan fingerprint density at radius 2 is 1.84 bits per heavy atom. The van der Waals surface area contributed by atoms with Crippen LogP contribution in [0.5, 0.6) is 0 Å². The fraction of sp³-hybridized carbons (Fsp3) is 0.318. The van der Waals surface area contributed by atoms with E-state index in [9.17, 15) is 4.79 Å². The molecular weight excluding hydrogens is 326 g/mol. The van der Waals surface area contributed by atoms with Gasteiger partial charge in [0.1, 0.15) is 0 Å². The number of allylic oxidation sites excluding steroid dienone is 6. The molecule has 134 valence electrons. The monoisotopic (exact) mass is 355 g/mol. The Labute approximate surface area is 156 Å². The molecule has 2 N–H and O–H groups in total. The van der Waals surface area contributed by atoms with Crippen LogP contribution >= 0.6 is 11.8 Å². The van der Waals surface area contributed by atoms with Crippen molar-refractivity contribution in [3.8, 4) is 0 Å². The van der Waals surface area contributed by atoms with Crippen molar-refractivity contribution in [1.29, 1.82) is 0 Å². The van der Waals surface area contributed by atoms with Crippen LogP contribution in [0.25, 0.3) is 0 Å². The van der Waals surface area contributed by atoms with Crippen LogP contribution in [0.15, 0.2) is 71.3 Å². The number of benzene rings is 1. The maximum absolute atomic E-state index is 13.2. The van der Waals surface area contributed by atoms with E-state index in [1.807, 2.05) is 37.3 Å². The number of nitrogens with two attached hydrogens (primary N) is 1. The Balaban J connectivity index is 3.41. The van der Waals surface area contributed by atoms with Gasteiger partial charge < -0.3 is 5.73 Å². The van der Waals surface area contributed by atoms with E-state index in [4.69, 9.17) is 5.73 Å². The van der Waals surface area contributed by atoms with Gasteiger partial charge in [0.15, 0.2) is 5.78 Å². The van der Waals surface area contributed by atoms with Crippen LogP contribution in [-0.2, 0) is 5.41 Å². The van der Waals surface area contributed by atoms with Gasteiger partial charge in [-0.05, 0) is 46.4 Å². The van der Waals surface area contributed by atoms with Crippen molar-refractivity contribution in [2.45, 2.75) is 40.0 Å². The van der Waals surface area contributed by atoms with E-state index in [2.05, 4.69) is 34.3 Å². The summed E-state index contributed by atoms with van der Waals surface area (Å²) in [7, 11) is 0. The Morgan fingerprint density at radius 1 is 1.24 bits per heavy atom. The van der Waals surface area contributed by atoms with E-state index in [1.165, 1.54) is 11.8 Å². The Bertz CT molecular complexity index is 701. The van der Waals surface area contributed by atoms with Crippen LogP contribution in [0.2, 0.25) is 0 Å². The summed E-state index contributed by atoms with van der Waals surface area (Å²) in [5.41, 5.74) is 8.98. The number of hydrogen-bond acceptors (Lipinski definition) is 3. The van der Waals surface area contributed by atoms with Crippen molar-refractivity contribution in [3.63, 3.8) is 0 Å². The lowest BCUT2D eigenvalue weighted by Gasteiger charge is -2.19. The van der Waals surface area contributed by atoms with Gasteiger partial charge in [0.2, 0.25) is 0 Å². The van der Waals surface area contributed by atoms with Crippen molar-refractivity contribution in [1.82, 2.24) is 0 Å². The zero-order valence-electron chi connectivity index (χ0n) is 15.9. The van der Waals surface area contributed by atoms with Crippen LogP contribution in [-0.4, -0.2) is 11.5 Å². The molecule has 0 aliphatic heterocycles. The fourth-order valence-electron chi connectivity index (χ4n) is 2.50. The van der Waals surface area contributed by atoms with E-state index in [-0.39, 0.29) is 11.2 Å². The summed E-state index contributed by atoms with van der Waals surface area (Å²) in [4.78, 5) is 14.2. The lowest BCUT2D eigenvalue weighted by atomic mass is 9.86. The third-order valence-corrected chi connectivity index (χ3v) is 4.74. The number of hydrogen-bond donors (Lipinski definition) is 1. The topological polar surface area (TPSA) is 43.1 Å². The van der Waals surface area contributed by atoms with Crippen LogP contribution in [0.4, 0.5) is 0 Å². The molecule has 0 saturated heterocycles. The van der Waals surface area contributed by atoms with Gasteiger partial charge in [-0.1, -0.05) is 70.7 Å². The number of rotatable bonds is 7. The largest absolute Gasteiger partial charge is 0.405 e. The van der Waals surface area contributed by atoms with Crippen molar-refractivity contribution >= 4 is 17.5 Å². The van der Waals surface area contributed by atoms with E-state index in [0.29, 0.717) is 11.1 Å². The summed E-state index contributed by atoms with van der Waals surface area (Å²) in [6.07, 6.45) is 6.70. The Morgan fingerprint density at radius 3 is 2.28 bits per heavy atom. The lowest BCUT2D eigenvalue weighted by molar-refractivity contribution is 0.103. The van der Waals surface area contributed by atoms with E-state index < -0.39 is 0 Å². The number of ketones is 1. The molecule has 0 spiro atoms. The van der Waals surface area contributed by atoms with Crippen LogP contribution in [0.3, 0.4) is 0 Å². The predicted octanol–water partition coefficient (Wildman–Crippen LogP) is 5.78. The number of carbonyl (C=O) groups excluding carboxylic acids is 1. The van der Waals surface area contributed by atoms with Gasteiger partial charge in [-0.25, -0.2) is 0 Å². The first-order valence-electron chi connectivity index (χ1n) is 8.46. The quantitative estimate of drug-likeness (QED) is 0.383. The molecule has 1 aromatic carbocycles. The summed E-state index contributed by atoms with van der Waals surface area (Å²) < 4.78 is 0. The zero-order valence-corrected chi connectivity index (χ0v) is 16.7. The second-order valence-electron chi connectivity index (χ2n) is 6.74. The summed E-state index contributed by atoms with van der Waals surface area (Å²) in [5.74, 6) is 0.907. The maximum atomic E-state index is 13.2. The smallest absolute Gasteiger partial charge is 0.194 e. The SMILES string of the molecule is C=C/C=C(\C=C/N)C(/C(=O)c1ccc(C(C)(C)C)cc1)=C(\C)SCC. The fourth-order valence-corrected chi connectivity index (χ4v) is 3.29. The third-order valence-electron chi connectivity index (χ3n) is 3.81. The van der Waals surface area contributed by atoms with E-state index in [0.717, 1.165) is 16.2 Å². The number of Topliss-reactive ketones (excluding diaryl/α,β-unsaturated/α-hetero) is 1. The second kappa shape index (κ2) is 9.47. The molecule has 1 rings (SSSR count). The van der Waals surface area contributed by atoms with Gasteiger partial charge in [-0.3, -0.25) is 4.79 Å². The highest BCUT2D eigenvalue weighted by atomic mass is 32.2. The number of thioether (sulfide) groups is 1. The average Bonchev–Trinajstić information content (AvgIpc) is 2.55. The zero-order chi connectivity index (χ0) is 19.0. The molecule has 1 aromatic rings. The molecule has 0 unspecified atom stereocenters. The normalized spacial score (nSPS) is 13.7. The summed E-state index contributed by atoms with van der Waals surface area (Å²) >= 11 is 1.66. The lowest BCUT2D eigenvalue weighted by Crippen LogP contribution is -2.12. The van der Waals surface area contributed by atoms with Gasteiger partial charge in [-0.15, -0.1) is 11.8 Å². The van der Waals surface area contributed by atoms with Crippen molar-refractivity contribution in [2.75, 3.05) is 5.75 Å². The molecule has 0 heterocycles. The minimum atomic E-state index is 0.00473. The molecule has 0 bridgehead atoms. The molecule has 2 nitrogen and oxygen atoms in total. The van der Waals surface area contributed by atoms with Gasteiger partial charge in [0.05, 0.1) is 0 Å². The maximum Gasteiger partial charge on any atom is 0.194 e. The molecule has 0 aliphatic carbocycles. The minimum absolute atomic E-state index is 0.00473. The summed E-state index contributed by atoms with van der Waals surface area (Å²) in [6.45, 7) is 14.3. The average molecular weight is 356 g/mol. The van der Waals surface area contributed by atoms with Crippen LogP contribution in [0.1, 0.15) is 50.5 Å². The van der Waals surface area contributed by atoms with Crippen LogP contribution in [0, 0.1) is 0 Å². The molecule has 25 heavy (non-hydrogen) atoms. The first-order chi connectivity index (χ1) is 11.8. The molecule has 3 heteroatoms.